The van der Waals surface area contributed by atoms with E-state index in [0.717, 1.165) is 17.8 Å². The summed E-state index contributed by atoms with van der Waals surface area (Å²) in [4.78, 5) is 0. The van der Waals surface area contributed by atoms with E-state index in [0.29, 0.717) is 10.8 Å². The highest BCUT2D eigenvalue weighted by atomic mass is 35.5. The molecule has 0 radical (unpaired) electrons. The molecule has 1 aliphatic rings. The number of rotatable bonds is 1. The monoisotopic (exact) mass is 232 g/mol. The fraction of sp³-hybridized carbons (Fsp3) is 0.333. The van der Waals surface area contributed by atoms with Gasteiger partial charge in [0.25, 0.3) is 0 Å². The molecule has 0 amide bonds. The first-order chi connectivity index (χ1) is 6.65. The lowest BCUT2D eigenvalue weighted by molar-refractivity contribution is 0.631. The average Bonchev–Trinajstić information content (AvgIpc) is 2.58. The third-order valence-electron chi connectivity index (χ3n) is 2.25. The molecule has 14 heavy (non-hydrogen) atoms. The Morgan fingerprint density at radius 2 is 2.43 bits per heavy atom. The van der Waals surface area contributed by atoms with E-state index in [4.69, 9.17) is 17.3 Å². The van der Waals surface area contributed by atoms with Crippen LogP contribution in [0.3, 0.4) is 0 Å². The number of halogens is 2. The summed E-state index contributed by atoms with van der Waals surface area (Å²) in [6.45, 7) is 2.86. The zero-order valence-electron chi connectivity index (χ0n) is 7.68. The van der Waals surface area contributed by atoms with Crippen LogP contribution in [0, 0.1) is 5.82 Å². The molecule has 0 spiro atoms. The van der Waals surface area contributed by atoms with Crippen LogP contribution < -0.4 is 10.0 Å². The zero-order chi connectivity index (χ0) is 10.3. The van der Waals surface area contributed by atoms with E-state index in [1.54, 1.807) is 11.9 Å². The van der Waals surface area contributed by atoms with Gasteiger partial charge in [-0.2, -0.15) is 0 Å². The number of nitrogen functional groups attached to an aromatic ring is 1. The van der Waals surface area contributed by atoms with Gasteiger partial charge in [-0.05, 0) is 24.9 Å². The predicted molar refractivity (Wildman–Crippen MR) is 60.1 cm³/mol. The van der Waals surface area contributed by atoms with Crippen LogP contribution in [0.25, 0.3) is 0 Å². The van der Waals surface area contributed by atoms with Gasteiger partial charge in [0.15, 0.2) is 0 Å². The Kier molecular flexibility index (Phi) is 2.49. The second-order valence-corrected chi connectivity index (χ2v) is 4.44. The molecule has 0 unspecified atom stereocenters. The molecule has 0 fully saturated rings. The molecular formula is C9H10ClFN2S. The maximum absolute atomic E-state index is 13.2. The fourth-order valence-corrected chi connectivity index (χ4v) is 3.00. The third kappa shape index (κ3) is 1.33. The highest BCUT2D eigenvalue weighted by molar-refractivity contribution is 8.00. The fourth-order valence-electron chi connectivity index (χ4n) is 1.55. The van der Waals surface area contributed by atoms with Gasteiger partial charge in [0.2, 0.25) is 0 Å². The van der Waals surface area contributed by atoms with E-state index in [-0.39, 0.29) is 5.69 Å². The summed E-state index contributed by atoms with van der Waals surface area (Å²) in [6.07, 6.45) is 0. The maximum Gasteiger partial charge on any atom is 0.148 e. The first kappa shape index (κ1) is 9.93. The summed E-state index contributed by atoms with van der Waals surface area (Å²) in [5.41, 5.74) is 7.57. The standard InChI is InChI=1S/C9H10ClFN2S/c1-2-13-9-5(4-14-13)8(12)7(11)3-6(9)10/h3H,2,4,12H2,1H3. The summed E-state index contributed by atoms with van der Waals surface area (Å²) < 4.78 is 15.3. The van der Waals surface area contributed by atoms with Gasteiger partial charge in [-0.1, -0.05) is 11.6 Å². The van der Waals surface area contributed by atoms with Gasteiger partial charge in [-0.3, -0.25) is 0 Å². The van der Waals surface area contributed by atoms with Gasteiger partial charge in [-0.15, -0.1) is 0 Å². The number of hydrogen-bond donors (Lipinski definition) is 1. The molecule has 0 saturated heterocycles. The smallest absolute Gasteiger partial charge is 0.148 e. The first-order valence-corrected chi connectivity index (χ1v) is 5.64. The van der Waals surface area contributed by atoms with Crippen LogP contribution >= 0.6 is 23.5 Å². The molecule has 5 heteroatoms. The molecule has 0 bridgehead atoms. The lowest BCUT2D eigenvalue weighted by atomic mass is 10.1. The van der Waals surface area contributed by atoms with Gasteiger partial charge < -0.3 is 10.0 Å². The Balaban J connectivity index is 2.61. The van der Waals surface area contributed by atoms with Crippen molar-refractivity contribution in [3.63, 3.8) is 0 Å². The van der Waals surface area contributed by atoms with Crippen LogP contribution in [-0.4, -0.2) is 6.54 Å². The largest absolute Gasteiger partial charge is 0.396 e. The lowest BCUT2D eigenvalue weighted by Gasteiger charge is -2.16. The summed E-state index contributed by atoms with van der Waals surface area (Å²) in [6, 6.07) is 1.28. The summed E-state index contributed by atoms with van der Waals surface area (Å²) >= 11 is 7.58. The minimum absolute atomic E-state index is 0.229. The normalized spacial score (nSPS) is 14.6. The van der Waals surface area contributed by atoms with Crippen LogP contribution in [0.5, 0.6) is 0 Å². The second-order valence-electron chi connectivity index (χ2n) is 3.05. The Hall–Kier alpha value is -0.610. The lowest BCUT2D eigenvalue weighted by Crippen LogP contribution is -2.10. The van der Waals surface area contributed by atoms with Crippen molar-refractivity contribution < 1.29 is 4.39 Å². The molecule has 0 atom stereocenters. The van der Waals surface area contributed by atoms with Gasteiger partial charge >= 0.3 is 0 Å². The average molecular weight is 233 g/mol. The molecule has 0 aromatic heterocycles. The van der Waals surface area contributed by atoms with Crippen molar-refractivity contribution in [1.82, 2.24) is 0 Å². The topological polar surface area (TPSA) is 29.3 Å². The number of anilines is 2. The van der Waals surface area contributed by atoms with Crippen LogP contribution in [0.4, 0.5) is 15.8 Å². The highest BCUT2D eigenvalue weighted by Gasteiger charge is 2.25. The summed E-state index contributed by atoms with van der Waals surface area (Å²) in [5, 5.41) is 0.443. The van der Waals surface area contributed by atoms with Gasteiger partial charge in [0.05, 0.1) is 16.4 Å². The molecule has 1 aliphatic heterocycles. The molecule has 1 aromatic rings. The molecular weight excluding hydrogens is 223 g/mol. The molecule has 2 nitrogen and oxygen atoms in total. The van der Waals surface area contributed by atoms with Crippen molar-refractivity contribution in [3.8, 4) is 0 Å². The van der Waals surface area contributed by atoms with E-state index < -0.39 is 5.82 Å². The molecule has 0 saturated carbocycles. The van der Waals surface area contributed by atoms with Crippen LogP contribution in [0.15, 0.2) is 6.07 Å². The first-order valence-electron chi connectivity index (χ1n) is 4.32. The molecule has 76 valence electrons. The highest BCUT2D eigenvalue weighted by Crippen LogP contribution is 2.45. The van der Waals surface area contributed by atoms with Crippen molar-refractivity contribution in [2.24, 2.45) is 0 Å². The Labute approximate surface area is 91.3 Å². The Morgan fingerprint density at radius 3 is 3.07 bits per heavy atom. The Morgan fingerprint density at radius 1 is 1.71 bits per heavy atom. The molecule has 1 heterocycles. The van der Waals surface area contributed by atoms with Crippen LogP contribution in [0.2, 0.25) is 5.02 Å². The molecule has 0 aliphatic carbocycles. The number of fused-ring (bicyclic) bond motifs is 1. The minimum atomic E-state index is -0.424. The number of nitrogens with two attached hydrogens (primary N) is 1. The van der Waals surface area contributed by atoms with Crippen molar-refractivity contribution >= 4 is 34.9 Å². The van der Waals surface area contributed by atoms with E-state index in [1.165, 1.54) is 6.07 Å². The van der Waals surface area contributed by atoms with Gasteiger partial charge in [0, 0.05) is 17.9 Å². The second kappa shape index (κ2) is 3.51. The maximum atomic E-state index is 13.2. The third-order valence-corrected chi connectivity index (χ3v) is 3.71. The number of nitrogens with zero attached hydrogens (tertiary/aromatic N) is 1. The predicted octanol–water partition coefficient (Wildman–Crippen LogP) is 3.05. The molecule has 2 rings (SSSR count). The molecule has 2 N–H and O–H groups in total. The minimum Gasteiger partial charge on any atom is -0.396 e. The van der Waals surface area contributed by atoms with Gasteiger partial charge in [-0.25, -0.2) is 4.39 Å². The SMILES string of the molecule is CCN1SCc2c(N)c(F)cc(Cl)c21. The molecule has 1 aromatic carbocycles. The Bertz CT molecular complexity index is 384. The van der Waals surface area contributed by atoms with Crippen molar-refractivity contribution in [2.75, 3.05) is 16.6 Å². The zero-order valence-corrected chi connectivity index (χ0v) is 9.25. The van der Waals surface area contributed by atoms with E-state index in [1.807, 2.05) is 11.2 Å². The summed E-state index contributed by atoms with van der Waals surface area (Å²) in [7, 11) is 0. The van der Waals surface area contributed by atoms with E-state index in [9.17, 15) is 4.39 Å². The van der Waals surface area contributed by atoms with Crippen LogP contribution in [0.1, 0.15) is 12.5 Å². The van der Waals surface area contributed by atoms with Crippen molar-refractivity contribution in [3.05, 3.63) is 22.5 Å². The van der Waals surface area contributed by atoms with Crippen LogP contribution in [-0.2, 0) is 5.75 Å². The van der Waals surface area contributed by atoms with Gasteiger partial charge in [0.1, 0.15) is 5.82 Å². The number of hydrogen-bond acceptors (Lipinski definition) is 3. The van der Waals surface area contributed by atoms with E-state index >= 15 is 0 Å². The van der Waals surface area contributed by atoms with Crippen molar-refractivity contribution in [2.45, 2.75) is 12.7 Å². The quantitative estimate of drug-likeness (QED) is 0.596. The number of benzene rings is 1. The van der Waals surface area contributed by atoms with Crippen molar-refractivity contribution in [1.29, 1.82) is 0 Å². The summed E-state index contributed by atoms with van der Waals surface area (Å²) in [5.74, 6) is 0.277. The van der Waals surface area contributed by atoms with E-state index in [2.05, 4.69) is 0 Å².